The molecule has 1 amide bonds. The third kappa shape index (κ3) is 2.09. The van der Waals surface area contributed by atoms with Gasteiger partial charge in [-0.05, 0) is 17.7 Å². The van der Waals surface area contributed by atoms with E-state index >= 15 is 0 Å². The Kier molecular flexibility index (Phi) is 2.96. The molecule has 16 heavy (non-hydrogen) atoms. The van der Waals surface area contributed by atoms with Gasteiger partial charge in [-0.15, -0.1) is 0 Å². The average Bonchev–Trinajstić information content (AvgIpc) is 2.62. The summed E-state index contributed by atoms with van der Waals surface area (Å²) in [5.74, 6) is -0.364. The molecule has 1 aliphatic rings. The van der Waals surface area contributed by atoms with E-state index in [1.165, 1.54) is 17.1 Å². The molecule has 5 heteroatoms. The van der Waals surface area contributed by atoms with Crippen molar-refractivity contribution >= 4 is 11.6 Å². The van der Waals surface area contributed by atoms with Crippen molar-refractivity contribution in [2.75, 3.05) is 13.1 Å². The van der Waals surface area contributed by atoms with Gasteiger partial charge in [0.15, 0.2) is 0 Å². The van der Waals surface area contributed by atoms with Crippen molar-refractivity contribution in [1.29, 1.82) is 0 Å². The van der Waals surface area contributed by atoms with Crippen LogP contribution >= 0.6 is 0 Å². The van der Waals surface area contributed by atoms with E-state index in [4.69, 9.17) is 5.73 Å². The summed E-state index contributed by atoms with van der Waals surface area (Å²) in [6.07, 6.45) is 0.256. The van der Waals surface area contributed by atoms with E-state index in [-0.39, 0.29) is 18.1 Å². The normalized spacial score (nSPS) is 15.5. The van der Waals surface area contributed by atoms with Gasteiger partial charge in [0.25, 0.3) is 0 Å². The highest BCUT2D eigenvalue weighted by Gasteiger charge is 2.23. The molecule has 1 aromatic rings. The van der Waals surface area contributed by atoms with Crippen LogP contribution in [-0.2, 0) is 4.79 Å². The summed E-state index contributed by atoms with van der Waals surface area (Å²) in [6.45, 7) is 0.801. The number of hydrazone groups is 1. The summed E-state index contributed by atoms with van der Waals surface area (Å²) in [6, 6.07) is 5.95. The highest BCUT2D eigenvalue weighted by Crippen LogP contribution is 2.14. The largest absolute Gasteiger partial charge is 0.329 e. The molecule has 0 spiro atoms. The van der Waals surface area contributed by atoms with Crippen molar-refractivity contribution in [3.63, 3.8) is 0 Å². The Morgan fingerprint density at radius 2 is 2.06 bits per heavy atom. The van der Waals surface area contributed by atoms with Gasteiger partial charge in [0.2, 0.25) is 5.91 Å². The monoisotopic (exact) mass is 221 g/mol. The molecule has 0 atom stereocenters. The van der Waals surface area contributed by atoms with E-state index in [0.717, 1.165) is 5.56 Å². The minimum atomic E-state index is -0.299. The number of halogens is 1. The first-order chi connectivity index (χ1) is 7.70. The van der Waals surface area contributed by atoms with Gasteiger partial charge in [-0.2, -0.15) is 5.10 Å². The van der Waals surface area contributed by atoms with E-state index in [0.29, 0.717) is 18.8 Å². The Bertz CT molecular complexity index is 427. The first kappa shape index (κ1) is 10.8. The molecule has 0 fully saturated rings. The lowest BCUT2D eigenvalue weighted by Gasteiger charge is -2.08. The van der Waals surface area contributed by atoms with E-state index in [1.54, 1.807) is 12.1 Å². The maximum Gasteiger partial charge on any atom is 0.248 e. The summed E-state index contributed by atoms with van der Waals surface area (Å²) in [5, 5.41) is 5.52. The molecular weight excluding hydrogens is 209 g/mol. The van der Waals surface area contributed by atoms with E-state index in [9.17, 15) is 9.18 Å². The lowest BCUT2D eigenvalue weighted by Crippen LogP contribution is -2.26. The third-order valence-corrected chi connectivity index (χ3v) is 2.37. The van der Waals surface area contributed by atoms with E-state index in [2.05, 4.69) is 5.10 Å². The Balaban J connectivity index is 2.20. The molecule has 0 aromatic heterocycles. The molecule has 0 unspecified atom stereocenters. The van der Waals surface area contributed by atoms with Crippen molar-refractivity contribution in [3.8, 4) is 0 Å². The topological polar surface area (TPSA) is 58.7 Å². The molecule has 0 saturated carbocycles. The lowest BCUT2D eigenvalue weighted by molar-refractivity contribution is -0.128. The van der Waals surface area contributed by atoms with Crippen LogP contribution in [0.2, 0.25) is 0 Å². The smallest absolute Gasteiger partial charge is 0.248 e. The first-order valence-electron chi connectivity index (χ1n) is 5.04. The molecule has 84 valence electrons. The van der Waals surface area contributed by atoms with Crippen molar-refractivity contribution in [3.05, 3.63) is 35.6 Å². The molecule has 0 aliphatic carbocycles. The molecule has 1 aromatic carbocycles. The van der Waals surface area contributed by atoms with Gasteiger partial charge in [0.05, 0.1) is 18.7 Å². The number of carbonyl (C=O) groups excluding carboxylic acids is 1. The molecule has 1 heterocycles. The molecule has 0 bridgehead atoms. The summed E-state index contributed by atoms with van der Waals surface area (Å²) >= 11 is 0. The Hall–Kier alpha value is -1.75. The van der Waals surface area contributed by atoms with Gasteiger partial charge in [0.1, 0.15) is 5.82 Å². The van der Waals surface area contributed by atoms with Crippen LogP contribution in [0.25, 0.3) is 0 Å². The quantitative estimate of drug-likeness (QED) is 0.817. The summed E-state index contributed by atoms with van der Waals surface area (Å²) in [7, 11) is 0. The summed E-state index contributed by atoms with van der Waals surface area (Å²) in [5.41, 5.74) is 6.80. The second kappa shape index (κ2) is 4.40. The van der Waals surface area contributed by atoms with E-state index < -0.39 is 0 Å². The second-order valence-electron chi connectivity index (χ2n) is 3.54. The first-order valence-corrected chi connectivity index (χ1v) is 5.04. The minimum Gasteiger partial charge on any atom is -0.329 e. The van der Waals surface area contributed by atoms with Gasteiger partial charge in [-0.25, -0.2) is 9.40 Å². The van der Waals surface area contributed by atoms with Crippen LogP contribution in [0.4, 0.5) is 4.39 Å². The average molecular weight is 221 g/mol. The SMILES string of the molecule is NCCN1N=C(c2ccc(F)cc2)CC1=O. The molecule has 2 N–H and O–H groups in total. The third-order valence-electron chi connectivity index (χ3n) is 2.37. The van der Waals surface area contributed by atoms with Crippen LogP contribution in [0.15, 0.2) is 29.4 Å². The molecular formula is C11H12FN3O. The van der Waals surface area contributed by atoms with Gasteiger partial charge in [-0.3, -0.25) is 4.79 Å². The Morgan fingerprint density at radius 1 is 1.38 bits per heavy atom. The van der Waals surface area contributed by atoms with Gasteiger partial charge < -0.3 is 5.73 Å². The zero-order valence-electron chi connectivity index (χ0n) is 8.69. The number of benzene rings is 1. The van der Waals surface area contributed by atoms with Crippen LogP contribution < -0.4 is 5.73 Å². The fourth-order valence-electron chi connectivity index (χ4n) is 1.57. The molecule has 1 aliphatic heterocycles. The highest BCUT2D eigenvalue weighted by molar-refractivity contribution is 6.13. The highest BCUT2D eigenvalue weighted by atomic mass is 19.1. The Labute approximate surface area is 92.5 Å². The van der Waals surface area contributed by atoms with Crippen LogP contribution in [0.3, 0.4) is 0 Å². The number of rotatable bonds is 3. The number of carbonyl (C=O) groups is 1. The van der Waals surface area contributed by atoms with Crippen molar-refractivity contribution < 1.29 is 9.18 Å². The van der Waals surface area contributed by atoms with Crippen molar-refractivity contribution in [2.45, 2.75) is 6.42 Å². The number of nitrogens with two attached hydrogens (primary N) is 1. The summed E-state index contributed by atoms with van der Waals surface area (Å²) < 4.78 is 12.7. The van der Waals surface area contributed by atoms with Gasteiger partial charge in [-0.1, -0.05) is 12.1 Å². The lowest BCUT2D eigenvalue weighted by atomic mass is 10.1. The van der Waals surface area contributed by atoms with Crippen LogP contribution in [0, 0.1) is 5.82 Å². The zero-order chi connectivity index (χ0) is 11.5. The number of nitrogens with zero attached hydrogens (tertiary/aromatic N) is 2. The van der Waals surface area contributed by atoms with E-state index in [1.807, 2.05) is 0 Å². The standard InChI is InChI=1S/C11H12FN3O/c12-9-3-1-8(2-4-9)10-7-11(16)15(14-10)6-5-13/h1-4H,5-7,13H2. The molecule has 4 nitrogen and oxygen atoms in total. The van der Waals surface area contributed by atoms with Gasteiger partial charge >= 0.3 is 0 Å². The maximum absolute atomic E-state index is 12.7. The molecule has 0 radical (unpaired) electrons. The Morgan fingerprint density at radius 3 is 2.69 bits per heavy atom. The predicted octanol–water partition coefficient (Wildman–Crippen LogP) is 0.721. The minimum absolute atomic E-state index is 0.0650. The summed E-state index contributed by atoms with van der Waals surface area (Å²) in [4.78, 5) is 11.5. The fourth-order valence-corrected chi connectivity index (χ4v) is 1.57. The van der Waals surface area contributed by atoms with Crippen LogP contribution in [0.5, 0.6) is 0 Å². The number of hydrogen-bond donors (Lipinski definition) is 1. The molecule has 2 rings (SSSR count). The van der Waals surface area contributed by atoms with Crippen LogP contribution in [-0.4, -0.2) is 29.7 Å². The number of hydrogen-bond acceptors (Lipinski definition) is 3. The van der Waals surface area contributed by atoms with Crippen LogP contribution in [0.1, 0.15) is 12.0 Å². The fraction of sp³-hybridized carbons (Fsp3) is 0.273. The van der Waals surface area contributed by atoms with Gasteiger partial charge in [0, 0.05) is 6.54 Å². The second-order valence-corrected chi connectivity index (χ2v) is 3.54. The van der Waals surface area contributed by atoms with Crippen molar-refractivity contribution in [1.82, 2.24) is 5.01 Å². The zero-order valence-corrected chi connectivity index (χ0v) is 8.69. The predicted molar refractivity (Wildman–Crippen MR) is 58.3 cm³/mol. The van der Waals surface area contributed by atoms with Crippen molar-refractivity contribution in [2.24, 2.45) is 10.8 Å². The molecule has 0 saturated heterocycles. The number of amides is 1. The maximum atomic E-state index is 12.7.